The van der Waals surface area contributed by atoms with E-state index in [1.807, 2.05) is 0 Å². The normalized spacial score (nSPS) is 3.50. The van der Waals surface area contributed by atoms with Crippen molar-refractivity contribution < 1.29 is 30.5 Å². The summed E-state index contributed by atoms with van der Waals surface area (Å²) in [5.41, 5.74) is 0. The molecule has 0 aromatic carbocycles. The standard InChI is InChI=1S/CHClO.2O.Ti/c2-1-3;;;/h1H;;;. The van der Waals surface area contributed by atoms with Gasteiger partial charge in [-0.15, -0.1) is 0 Å². The first kappa shape index (κ1) is 9.55. The molecule has 0 N–H and O–H groups in total. The average molecular weight is 144 g/mol. The van der Waals surface area contributed by atoms with Gasteiger partial charge < -0.3 is 0 Å². The van der Waals surface area contributed by atoms with E-state index < -0.39 is 19.1 Å². The van der Waals surface area contributed by atoms with Crippen LogP contribution in [0.2, 0.25) is 0 Å². The van der Waals surface area contributed by atoms with Gasteiger partial charge >= 0.3 is 25.7 Å². The second kappa shape index (κ2) is 18.6. The first-order valence-corrected chi connectivity index (χ1v) is 2.57. The third-order valence-corrected chi connectivity index (χ3v) is 0. The molecule has 34 valence electrons. The number of hydrogen-bond acceptors (Lipinski definition) is 3. The van der Waals surface area contributed by atoms with Crippen LogP contribution >= 0.6 is 11.6 Å². The van der Waals surface area contributed by atoms with E-state index in [1.165, 1.54) is 0 Å². The quantitative estimate of drug-likeness (QED) is 0.277. The number of carbonyl (C=O) groups is 1. The van der Waals surface area contributed by atoms with Crippen molar-refractivity contribution in [1.29, 1.82) is 0 Å². The monoisotopic (exact) mass is 144 g/mol. The molecular formula is CHClO3Ti. The Morgan fingerprint density at radius 1 is 1.50 bits per heavy atom. The molecular weight excluding hydrogens is 143 g/mol. The average Bonchev–Trinajstić information content (AvgIpc) is 1.39. The van der Waals surface area contributed by atoms with Crippen molar-refractivity contribution in [2.45, 2.75) is 0 Å². The van der Waals surface area contributed by atoms with E-state index in [0.717, 1.165) is 0 Å². The third kappa shape index (κ3) is 609. The molecule has 0 amide bonds. The molecule has 3 nitrogen and oxygen atoms in total. The summed E-state index contributed by atoms with van der Waals surface area (Å²) >= 11 is 2.32. The van der Waals surface area contributed by atoms with Gasteiger partial charge in [0.2, 0.25) is 5.75 Å². The van der Waals surface area contributed by atoms with Crippen molar-refractivity contribution in [3.63, 3.8) is 0 Å². The van der Waals surface area contributed by atoms with E-state index in [2.05, 4.69) is 11.6 Å². The Balaban J connectivity index is 0. The zero-order valence-electron chi connectivity index (χ0n) is 2.68. The molecule has 5 heteroatoms. The SMILES string of the molecule is O=CCl.[O]=[Ti]=[O]. The second-order valence-corrected chi connectivity index (χ2v) is 0.611. The molecule has 0 saturated heterocycles. The van der Waals surface area contributed by atoms with Gasteiger partial charge in [-0.05, 0) is 11.6 Å². The van der Waals surface area contributed by atoms with E-state index in [-0.39, 0.29) is 5.75 Å². The maximum atomic E-state index is 8.57. The van der Waals surface area contributed by atoms with Crippen molar-refractivity contribution in [2.24, 2.45) is 0 Å². The number of carbonyl (C=O) groups excluding carboxylic acids is 1. The van der Waals surface area contributed by atoms with Crippen LogP contribution in [0.15, 0.2) is 0 Å². The summed E-state index contributed by atoms with van der Waals surface area (Å²) in [5, 5.41) is 0. The molecule has 0 rings (SSSR count). The van der Waals surface area contributed by atoms with Gasteiger partial charge in [0.05, 0.1) is 0 Å². The molecule has 0 aliphatic carbocycles. The fourth-order valence-electron chi connectivity index (χ4n) is 0. The first-order valence-electron chi connectivity index (χ1n) is 0.862. The van der Waals surface area contributed by atoms with E-state index in [9.17, 15) is 0 Å². The van der Waals surface area contributed by atoms with Crippen LogP contribution in [0, 0.1) is 0 Å². The predicted molar refractivity (Wildman–Crippen MR) is 14.0 cm³/mol. The van der Waals surface area contributed by atoms with E-state index in [1.54, 1.807) is 0 Å². The van der Waals surface area contributed by atoms with Gasteiger partial charge in [0, 0.05) is 0 Å². The zero-order chi connectivity index (χ0) is 5.41. The van der Waals surface area contributed by atoms with Crippen LogP contribution in [-0.4, -0.2) is 5.75 Å². The Kier molecular flexibility index (Phi) is 29.7. The van der Waals surface area contributed by atoms with E-state index in [4.69, 9.17) is 11.4 Å². The Morgan fingerprint density at radius 3 is 1.50 bits per heavy atom. The molecule has 0 bridgehead atoms. The summed E-state index contributed by atoms with van der Waals surface area (Å²) in [4.78, 5) is 8.57. The van der Waals surface area contributed by atoms with Gasteiger partial charge in [-0.3, -0.25) is 4.79 Å². The summed E-state index contributed by atoms with van der Waals surface area (Å²) in [7, 11) is 0. The maximum absolute atomic E-state index is 8.57. The van der Waals surface area contributed by atoms with Gasteiger partial charge in [0.15, 0.2) is 0 Å². The van der Waals surface area contributed by atoms with Crippen molar-refractivity contribution in [1.82, 2.24) is 0 Å². The fraction of sp³-hybridized carbons (Fsp3) is 0. The topological polar surface area (TPSA) is 51.2 Å². The van der Waals surface area contributed by atoms with Crippen molar-refractivity contribution in [2.75, 3.05) is 0 Å². The molecule has 0 aliphatic rings. The Bertz CT molecular complexity index is 55.8. The van der Waals surface area contributed by atoms with Crippen molar-refractivity contribution in [3.05, 3.63) is 0 Å². The minimum absolute atomic E-state index is 0.222. The summed E-state index contributed by atoms with van der Waals surface area (Å²) < 4.78 is 17.0. The van der Waals surface area contributed by atoms with Crippen LogP contribution in [0.3, 0.4) is 0 Å². The van der Waals surface area contributed by atoms with Gasteiger partial charge in [0.25, 0.3) is 0 Å². The molecule has 6 heavy (non-hydrogen) atoms. The van der Waals surface area contributed by atoms with Crippen LogP contribution in [0.5, 0.6) is 0 Å². The Labute approximate surface area is 48.2 Å². The van der Waals surface area contributed by atoms with Crippen LogP contribution in [-0.2, 0) is 30.5 Å². The second-order valence-electron chi connectivity index (χ2n) is 0.172. The molecule has 0 fully saturated rings. The molecule has 0 unspecified atom stereocenters. The van der Waals surface area contributed by atoms with Gasteiger partial charge in [-0.2, -0.15) is 0 Å². The molecule has 0 aromatic heterocycles. The summed E-state index contributed by atoms with van der Waals surface area (Å²) in [5.74, 6) is 0.222. The minimum atomic E-state index is -2.00. The summed E-state index contributed by atoms with van der Waals surface area (Å²) in [6.07, 6.45) is 0. The molecule has 0 aromatic rings. The molecule has 0 radical (unpaired) electrons. The van der Waals surface area contributed by atoms with Gasteiger partial charge in [-0.25, -0.2) is 0 Å². The van der Waals surface area contributed by atoms with Crippen LogP contribution in [0.4, 0.5) is 0 Å². The van der Waals surface area contributed by atoms with E-state index >= 15 is 0 Å². The molecule has 0 heterocycles. The molecule has 0 atom stereocenters. The Morgan fingerprint density at radius 2 is 1.50 bits per heavy atom. The number of rotatable bonds is 0. The predicted octanol–water partition coefficient (Wildman–Crippen LogP) is 0.175. The first-order chi connectivity index (χ1) is 2.83. The van der Waals surface area contributed by atoms with Gasteiger partial charge in [0.1, 0.15) is 0 Å². The molecule has 0 aliphatic heterocycles. The third-order valence-electron chi connectivity index (χ3n) is 0. The summed E-state index contributed by atoms with van der Waals surface area (Å²) in [6, 6.07) is 0. The van der Waals surface area contributed by atoms with Crippen LogP contribution in [0.25, 0.3) is 0 Å². The molecule has 0 spiro atoms. The molecule has 0 saturated carbocycles. The van der Waals surface area contributed by atoms with Crippen molar-refractivity contribution >= 4 is 17.3 Å². The number of hydrogen-bond donors (Lipinski definition) is 0. The van der Waals surface area contributed by atoms with Crippen LogP contribution < -0.4 is 0 Å². The zero-order valence-corrected chi connectivity index (χ0v) is 5.00. The van der Waals surface area contributed by atoms with E-state index in [0.29, 0.717) is 0 Å². The fourth-order valence-corrected chi connectivity index (χ4v) is 0. The number of halogens is 1. The van der Waals surface area contributed by atoms with Gasteiger partial charge in [-0.1, -0.05) is 0 Å². The van der Waals surface area contributed by atoms with Crippen molar-refractivity contribution in [3.8, 4) is 0 Å². The Hall–Kier alpha value is 0.274. The summed E-state index contributed by atoms with van der Waals surface area (Å²) in [6.45, 7) is 0. The van der Waals surface area contributed by atoms with Crippen LogP contribution in [0.1, 0.15) is 0 Å².